The second kappa shape index (κ2) is 6.50. The summed E-state index contributed by atoms with van der Waals surface area (Å²) in [6.45, 7) is -0.647. The minimum Gasteiger partial charge on any atom is -0.548 e. The molecule has 4 nitrogen and oxygen atoms in total. The average Bonchev–Trinajstić information content (AvgIpc) is 2.91. The molecule has 0 saturated carbocycles. The zero-order valence-corrected chi connectivity index (χ0v) is 12.1. The third-order valence-corrected chi connectivity index (χ3v) is 3.55. The number of hydrogen-bond donors (Lipinski definition) is 0. The van der Waals surface area contributed by atoms with Gasteiger partial charge in [0.1, 0.15) is 0 Å². The molecule has 0 amide bonds. The van der Waals surface area contributed by atoms with Crippen molar-refractivity contribution in [2.24, 2.45) is 0 Å². The topological polar surface area (TPSA) is 52.6 Å². The molecule has 1 aromatic rings. The van der Waals surface area contributed by atoms with Gasteiger partial charge < -0.3 is 19.5 Å². The van der Waals surface area contributed by atoms with Gasteiger partial charge in [0, 0.05) is 18.8 Å². The highest BCUT2D eigenvalue weighted by molar-refractivity contribution is 5.65. The molecule has 10 heteroatoms. The van der Waals surface area contributed by atoms with Crippen LogP contribution in [0.4, 0.5) is 32.0 Å². The normalized spacial score (nSPS) is 18.9. The standard InChI is InChI=1S/C14H13F6NO3/c15-13(16,17)8-1-2-11(10(5-8)14(18,19)20)21-4-3-9(6-21)24-7-12(22)23/h1-2,5,9H,3-4,6-7H2,(H,22,23)/p-1. The highest BCUT2D eigenvalue weighted by Crippen LogP contribution is 2.41. The fourth-order valence-electron chi connectivity index (χ4n) is 2.48. The molecule has 1 aliphatic rings. The van der Waals surface area contributed by atoms with Gasteiger partial charge in [-0.1, -0.05) is 0 Å². The molecule has 134 valence electrons. The largest absolute Gasteiger partial charge is 0.548 e. The number of carbonyl (C=O) groups excluding carboxylic acids is 1. The highest BCUT2D eigenvalue weighted by atomic mass is 19.4. The van der Waals surface area contributed by atoms with Crippen LogP contribution in [0.25, 0.3) is 0 Å². The Kier molecular flexibility index (Phi) is 4.97. The second-order valence-corrected chi connectivity index (χ2v) is 5.27. The Morgan fingerprint density at radius 2 is 1.88 bits per heavy atom. The molecule has 24 heavy (non-hydrogen) atoms. The summed E-state index contributed by atoms with van der Waals surface area (Å²) >= 11 is 0. The van der Waals surface area contributed by atoms with E-state index in [0.717, 1.165) is 6.07 Å². The molecular formula is C14H12F6NO3-. The first-order valence-electron chi connectivity index (χ1n) is 6.83. The molecule has 1 aromatic carbocycles. The van der Waals surface area contributed by atoms with Crippen molar-refractivity contribution in [2.75, 3.05) is 24.6 Å². The van der Waals surface area contributed by atoms with E-state index in [1.165, 1.54) is 4.90 Å². The third-order valence-electron chi connectivity index (χ3n) is 3.55. The maximum absolute atomic E-state index is 13.1. The van der Waals surface area contributed by atoms with Crippen LogP contribution in [0.15, 0.2) is 18.2 Å². The van der Waals surface area contributed by atoms with Crippen molar-refractivity contribution in [3.05, 3.63) is 29.3 Å². The lowest BCUT2D eigenvalue weighted by Crippen LogP contribution is -2.31. The van der Waals surface area contributed by atoms with Gasteiger partial charge in [0.05, 0.1) is 29.8 Å². The molecule has 1 unspecified atom stereocenters. The van der Waals surface area contributed by atoms with Gasteiger partial charge in [0.15, 0.2) is 0 Å². The van der Waals surface area contributed by atoms with Crippen molar-refractivity contribution in [3.8, 4) is 0 Å². The van der Waals surface area contributed by atoms with Crippen LogP contribution in [0.1, 0.15) is 17.5 Å². The number of carboxylic acid groups (broad SMARTS) is 1. The van der Waals surface area contributed by atoms with Crippen molar-refractivity contribution >= 4 is 11.7 Å². The first kappa shape index (κ1) is 18.4. The van der Waals surface area contributed by atoms with E-state index in [9.17, 15) is 36.2 Å². The maximum atomic E-state index is 13.1. The van der Waals surface area contributed by atoms with Crippen LogP contribution in [0.3, 0.4) is 0 Å². The van der Waals surface area contributed by atoms with Crippen LogP contribution in [-0.2, 0) is 21.9 Å². The summed E-state index contributed by atoms with van der Waals surface area (Å²) < 4.78 is 82.2. The molecule has 2 rings (SSSR count). The van der Waals surface area contributed by atoms with Gasteiger partial charge in [-0.2, -0.15) is 26.3 Å². The van der Waals surface area contributed by atoms with Crippen molar-refractivity contribution in [2.45, 2.75) is 24.9 Å². The number of aliphatic carboxylic acids is 1. The summed E-state index contributed by atoms with van der Waals surface area (Å²) in [5, 5.41) is 10.3. The predicted molar refractivity (Wildman–Crippen MR) is 68.0 cm³/mol. The van der Waals surface area contributed by atoms with E-state index in [2.05, 4.69) is 0 Å². The Hall–Kier alpha value is -1.97. The van der Waals surface area contributed by atoms with Crippen LogP contribution in [0, 0.1) is 0 Å². The number of alkyl halides is 6. The third kappa shape index (κ3) is 4.31. The summed E-state index contributed by atoms with van der Waals surface area (Å²) in [7, 11) is 0. The molecule has 1 fully saturated rings. The molecule has 0 spiro atoms. The van der Waals surface area contributed by atoms with E-state index in [1.54, 1.807) is 0 Å². The lowest BCUT2D eigenvalue weighted by Gasteiger charge is -2.24. The molecule has 0 radical (unpaired) electrons. The van der Waals surface area contributed by atoms with Gasteiger partial charge in [-0.3, -0.25) is 0 Å². The van der Waals surface area contributed by atoms with Gasteiger partial charge >= 0.3 is 12.4 Å². The average molecular weight is 356 g/mol. The Labute approximate surface area is 132 Å². The lowest BCUT2D eigenvalue weighted by molar-refractivity contribution is -0.310. The zero-order valence-electron chi connectivity index (χ0n) is 12.1. The number of rotatable bonds is 4. The number of ether oxygens (including phenoxy) is 1. The first-order valence-corrected chi connectivity index (χ1v) is 6.83. The van der Waals surface area contributed by atoms with Gasteiger partial charge in [0.2, 0.25) is 0 Å². The number of benzene rings is 1. The molecular weight excluding hydrogens is 344 g/mol. The Morgan fingerprint density at radius 3 is 2.42 bits per heavy atom. The van der Waals surface area contributed by atoms with Crippen molar-refractivity contribution in [1.29, 1.82) is 0 Å². The van der Waals surface area contributed by atoms with Crippen LogP contribution in [0.2, 0.25) is 0 Å². The summed E-state index contributed by atoms with van der Waals surface area (Å²) in [5.74, 6) is -1.46. The number of anilines is 1. The molecule has 0 aromatic heterocycles. The molecule has 1 heterocycles. The monoisotopic (exact) mass is 356 g/mol. The van der Waals surface area contributed by atoms with Gasteiger partial charge in [-0.15, -0.1) is 0 Å². The van der Waals surface area contributed by atoms with E-state index in [-0.39, 0.29) is 25.6 Å². The van der Waals surface area contributed by atoms with Gasteiger partial charge in [0.25, 0.3) is 0 Å². The van der Waals surface area contributed by atoms with Crippen LogP contribution < -0.4 is 10.0 Å². The van der Waals surface area contributed by atoms with E-state index in [4.69, 9.17) is 4.74 Å². The number of hydrogen-bond acceptors (Lipinski definition) is 4. The highest BCUT2D eigenvalue weighted by Gasteiger charge is 2.40. The minimum atomic E-state index is -4.96. The number of carbonyl (C=O) groups is 1. The van der Waals surface area contributed by atoms with E-state index in [1.807, 2.05) is 0 Å². The summed E-state index contributed by atoms with van der Waals surface area (Å²) in [4.78, 5) is 11.5. The molecule has 0 bridgehead atoms. The predicted octanol–water partition coefficient (Wildman–Crippen LogP) is 2.07. The summed E-state index contributed by atoms with van der Waals surface area (Å²) in [5.41, 5.74) is -3.17. The lowest BCUT2D eigenvalue weighted by atomic mass is 10.1. The summed E-state index contributed by atoms with van der Waals surface area (Å²) in [6.07, 6.45) is -10.2. The Bertz CT molecular complexity index is 614. The number of nitrogens with zero attached hydrogens (tertiary/aromatic N) is 1. The van der Waals surface area contributed by atoms with Crippen molar-refractivity contribution in [1.82, 2.24) is 0 Å². The minimum absolute atomic E-state index is 0.0538. The van der Waals surface area contributed by atoms with Crippen LogP contribution in [-0.4, -0.2) is 31.8 Å². The SMILES string of the molecule is O=C([O-])COC1CCN(c2ccc(C(F)(F)F)cc2C(F)(F)F)C1. The Balaban J connectivity index is 2.26. The van der Waals surface area contributed by atoms with Gasteiger partial charge in [-0.25, -0.2) is 0 Å². The van der Waals surface area contributed by atoms with E-state index >= 15 is 0 Å². The first-order chi connectivity index (χ1) is 11.0. The fourth-order valence-corrected chi connectivity index (χ4v) is 2.48. The molecule has 1 aliphatic heterocycles. The second-order valence-electron chi connectivity index (χ2n) is 5.27. The molecule has 1 saturated heterocycles. The fraction of sp³-hybridized carbons (Fsp3) is 0.500. The smallest absolute Gasteiger partial charge is 0.418 e. The summed E-state index contributed by atoms with van der Waals surface area (Å²) in [6, 6.07) is 1.43. The van der Waals surface area contributed by atoms with E-state index in [0.29, 0.717) is 6.07 Å². The molecule has 0 N–H and O–H groups in total. The van der Waals surface area contributed by atoms with Crippen LogP contribution in [0.5, 0.6) is 0 Å². The van der Waals surface area contributed by atoms with Crippen molar-refractivity contribution < 1.29 is 41.0 Å². The quantitative estimate of drug-likeness (QED) is 0.775. The number of carboxylic acids is 1. The molecule has 1 atom stereocenters. The van der Waals surface area contributed by atoms with Crippen LogP contribution >= 0.6 is 0 Å². The van der Waals surface area contributed by atoms with Gasteiger partial charge in [-0.05, 0) is 24.6 Å². The molecule has 0 aliphatic carbocycles. The maximum Gasteiger partial charge on any atom is 0.418 e. The van der Waals surface area contributed by atoms with Crippen molar-refractivity contribution in [3.63, 3.8) is 0 Å². The van der Waals surface area contributed by atoms with E-state index < -0.39 is 47.8 Å². The number of halogens is 6. The zero-order chi connectivity index (χ0) is 18.1. The Morgan fingerprint density at radius 1 is 1.21 bits per heavy atom.